The number of likely N-dealkylation sites (tertiary alicyclic amines) is 1. The fourth-order valence-electron chi connectivity index (χ4n) is 3.36. The van der Waals surface area contributed by atoms with Crippen molar-refractivity contribution in [1.29, 1.82) is 0 Å². The van der Waals surface area contributed by atoms with Crippen LogP contribution in [0.3, 0.4) is 0 Å². The van der Waals surface area contributed by atoms with Crippen molar-refractivity contribution in [2.24, 2.45) is 0 Å². The van der Waals surface area contributed by atoms with Gasteiger partial charge < -0.3 is 13.7 Å². The molecule has 0 saturated carbocycles. The summed E-state index contributed by atoms with van der Waals surface area (Å²) in [5, 5.41) is 0. The van der Waals surface area contributed by atoms with Crippen LogP contribution in [0.2, 0.25) is 0 Å². The van der Waals surface area contributed by atoms with Crippen LogP contribution in [0.15, 0.2) is 0 Å². The molecule has 0 aromatic carbocycles. The van der Waals surface area contributed by atoms with E-state index in [4.69, 9.17) is 4.74 Å². The third-order valence-electron chi connectivity index (χ3n) is 5.23. The van der Waals surface area contributed by atoms with Crippen LogP contribution in [0.25, 0.3) is 0 Å². The summed E-state index contributed by atoms with van der Waals surface area (Å²) in [6.07, 6.45) is 5.57. The van der Waals surface area contributed by atoms with Crippen LogP contribution < -0.4 is 0 Å². The Morgan fingerprint density at radius 1 is 1.14 bits per heavy atom. The SMILES string of the molecule is CCC(COC(=O)CC[N+]1(CC)CCCCC1)[N+](C)(C)C. The van der Waals surface area contributed by atoms with Crippen LogP contribution in [-0.2, 0) is 9.53 Å². The van der Waals surface area contributed by atoms with Gasteiger partial charge in [-0.15, -0.1) is 0 Å². The Morgan fingerprint density at radius 2 is 1.76 bits per heavy atom. The lowest BCUT2D eigenvalue weighted by Gasteiger charge is -2.40. The first-order valence-electron chi connectivity index (χ1n) is 8.65. The van der Waals surface area contributed by atoms with Gasteiger partial charge in [-0.3, -0.25) is 4.79 Å². The summed E-state index contributed by atoms with van der Waals surface area (Å²) in [6, 6.07) is 0.387. The van der Waals surface area contributed by atoms with Gasteiger partial charge in [0.25, 0.3) is 0 Å². The van der Waals surface area contributed by atoms with Crippen LogP contribution in [0.5, 0.6) is 0 Å². The zero-order valence-electron chi connectivity index (χ0n) is 14.9. The van der Waals surface area contributed by atoms with Gasteiger partial charge in [0.15, 0.2) is 0 Å². The smallest absolute Gasteiger partial charge is 0.311 e. The highest BCUT2D eigenvalue weighted by molar-refractivity contribution is 5.69. The van der Waals surface area contributed by atoms with E-state index in [2.05, 4.69) is 35.0 Å². The molecule has 1 heterocycles. The number of hydrogen-bond donors (Lipinski definition) is 0. The molecule has 1 aliphatic heterocycles. The Hall–Kier alpha value is -0.610. The van der Waals surface area contributed by atoms with Gasteiger partial charge in [-0.25, -0.2) is 0 Å². The fourth-order valence-corrected chi connectivity index (χ4v) is 3.36. The molecule has 124 valence electrons. The number of nitrogens with zero attached hydrogens (tertiary/aromatic N) is 2. The second-order valence-electron chi connectivity index (χ2n) is 7.50. The highest BCUT2D eigenvalue weighted by atomic mass is 16.5. The first kappa shape index (κ1) is 18.4. The monoisotopic (exact) mass is 300 g/mol. The van der Waals surface area contributed by atoms with Crippen LogP contribution in [0.4, 0.5) is 0 Å². The van der Waals surface area contributed by atoms with Gasteiger partial charge in [0.05, 0.1) is 53.7 Å². The normalized spacial score (nSPS) is 20.0. The third kappa shape index (κ3) is 5.95. The number of hydrogen-bond acceptors (Lipinski definition) is 2. The molecule has 0 aromatic rings. The number of likely N-dealkylation sites (N-methyl/N-ethyl adjacent to an activating group) is 1. The van der Waals surface area contributed by atoms with Gasteiger partial charge in [0, 0.05) is 6.42 Å². The molecule has 1 unspecified atom stereocenters. The van der Waals surface area contributed by atoms with Crippen LogP contribution in [-0.4, -0.2) is 74.9 Å². The summed E-state index contributed by atoms with van der Waals surface area (Å²) in [7, 11) is 6.48. The molecule has 21 heavy (non-hydrogen) atoms. The van der Waals surface area contributed by atoms with E-state index in [1.807, 2.05) is 0 Å². The lowest BCUT2D eigenvalue weighted by molar-refractivity contribution is -0.930. The second-order valence-corrected chi connectivity index (χ2v) is 7.50. The average Bonchev–Trinajstić information content (AvgIpc) is 2.45. The highest BCUT2D eigenvalue weighted by Crippen LogP contribution is 2.19. The molecule has 1 rings (SSSR count). The van der Waals surface area contributed by atoms with E-state index in [-0.39, 0.29) is 5.97 Å². The molecular formula is C17H36N2O2+2. The summed E-state index contributed by atoms with van der Waals surface area (Å²) < 4.78 is 7.50. The quantitative estimate of drug-likeness (QED) is 0.508. The minimum absolute atomic E-state index is 0.0153. The number of carbonyl (C=O) groups is 1. The predicted molar refractivity (Wildman–Crippen MR) is 86.9 cm³/mol. The lowest BCUT2D eigenvalue weighted by Crippen LogP contribution is -2.52. The molecule has 0 amide bonds. The van der Waals surface area contributed by atoms with E-state index in [1.165, 1.54) is 32.4 Å². The summed E-state index contributed by atoms with van der Waals surface area (Å²) in [4.78, 5) is 12.1. The molecule has 0 aromatic heterocycles. The van der Waals surface area contributed by atoms with Crippen molar-refractivity contribution in [3.05, 3.63) is 0 Å². The maximum absolute atomic E-state index is 12.1. The number of quaternary nitrogens is 2. The molecule has 0 radical (unpaired) electrons. The fraction of sp³-hybridized carbons (Fsp3) is 0.941. The maximum Gasteiger partial charge on any atom is 0.311 e. The molecule has 0 N–H and O–H groups in total. The Balaban J connectivity index is 2.36. The van der Waals surface area contributed by atoms with Gasteiger partial charge in [-0.1, -0.05) is 6.92 Å². The summed E-state index contributed by atoms with van der Waals surface area (Å²) in [5.41, 5.74) is 0. The molecule has 1 atom stereocenters. The number of esters is 1. The highest BCUT2D eigenvalue weighted by Gasteiger charge is 2.29. The lowest BCUT2D eigenvalue weighted by atomic mass is 10.1. The summed E-state index contributed by atoms with van der Waals surface area (Å²) in [6.45, 7) is 9.53. The molecule has 1 saturated heterocycles. The first-order chi connectivity index (χ1) is 9.83. The van der Waals surface area contributed by atoms with Crippen LogP contribution >= 0.6 is 0 Å². The van der Waals surface area contributed by atoms with E-state index in [0.29, 0.717) is 19.1 Å². The van der Waals surface area contributed by atoms with Crippen molar-refractivity contribution in [3.63, 3.8) is 0 Å². The molecule has 4 nitrogen and oxygen atoms in total. The molecule has 0 bridgehead atoms. The van der Waals surface area contributed by atoms with Gasteiger partial charge >= 0.3 is 5.97 Å². The third-order valence-corrected chi connectivity index (χ3v) is 5.23. The summed E-state index contributed by atoms with van der Waals surface area (Å²) >= 11 is 0. The van der Waals surface area contributed by atoms with Crippen LogP contribution in [0.1, 0.15) is 46.0 Å². The van der Waals surface area contributed by atoms with Crippen molar-refractivity contribution >= 4 is 5.97 Å². The van der Waals surface area contributed by atoms with Crippen molar-refractivity contribution in [2.45, 2.75) is 52.0 Å². The number of ether oxygens (including phenoxy) is 1. The van der Waals surface area contributed by atoms with Gasteiger partial charge in [-0.2, -0.15) is 0 Å². The average molecular weight is 300 g/mol. The Morgan fingerprint density at radius 3 is 2.24 bits per heavy atom. The van der Waals surface area contributed by atoms with Crippen LogP contribution in [0, 0.1) is 0 Å². The Bertz CT molecular complexity index is 317. The Kier molecular flexibility index (Phi) is 7.14. The summed E-state index contributed by atoms with van der Waals surface area (Å²) in [5.74, 6) is -0.0153. The van der Waals surface area contributed by atoms with E-state index >= 15 is 0 Å². The minimum Gasteiger partial charge on any atom is -0.459 e. The van der Waals surface area contributed by atoms with Gasteiger partial charge in [0.2, 0.25) is 0 Å². The molecule has 1 aliphatic rings. The molecule has 1 fully saturated rings. The number of carbonyl (C=O) groups excluding carboxylic acids is 1. The number of rotatable bonds is 8. The number of piperidine rings is 1. The molecule has 4 heteroatoms. The van der Waals surface area contributed by atoms with E-state index in [1.54, 1.807) is 0 Å². The largest absolute Gasteiger partial charge is 0.459 e. The van der Waals surface area contributed by atoms with Crippen molar-refractivity contribution < 1.29 is 18.5 Å². The van der Waals surface area contributed by atoms with E-state index < -0.39 is 0 Å². The molecule has 0 spiro atoms. The van der Waals surface area contributed by atoms with Crippen molar-refractivity contribution in [1.82, 2.24) is 0 Å². The molecular weight excluding hydrogens is 264 g/mol. The van der Waals surface area contributed by atoms with E-state index in [9.17, 15) is 4.79 Å². The zero-order chi connectivity index (χ0) is 15.9. The van der Waals surface area contributed by atoms with Gasteiger partial charge in [0.1, 0.15) is 12.6 Å². The first-order valence-corrected chi connectivity index (χ1v) is 8.65. The predicted octanol–water partition coefficient (Wildman–Crippen LogP) is 2.43. The van der Waals surface area contributed by atoms with Crippen molar-refractivity contribution in [2.75, 3.05) is 53.9 Å². The standard InChI is InChI=1S/C17H36N2O2/c1-6-16(18(3,4)5)15-21-17(20)11-14-19(7-2)12-9-8-10-13-19/h16H,6-15H2,1-5H3/q+2. The van der Waals surface area contributed by atoms with Crippen molar-refractivity contribution in [3.8, 4) is 0 Å². The topological polar surface area (TPSA) is 26.3 Å². The van der Waals surface area contributed by atoms with Gasteiger partial charge in [-0.05, 0) is 26.2 Å². The Labute approximate surface area is 131 Å². The van der Waals surface area contributed by atoms with E-state index in [0.717, 1.165) is 28.5 Å². The second kappa shape index (κ2) is 8.14. The minimum atomic E-state index is -0.0153. The molecule has 0 aliphatic carbocycles. The maximum atomic E-state index is 12.1. The zero-order valence-corrected chi connectivity index (χ0v) is 14.9.